The Balaban J connectivity index is 2.53. The zero-order chi connectivity index (χ0) is 7.72. The van der Waals surface area contributed by atoms with Gasteiger partial charge in [-0.3, -0.25) is 0 Å². The van der Waals surface area contributed by atoms with Crippen molar-refractivity contribution >= 4 is 11.6 Å². The van der Waals surface area contributed by atoms with Gasteiger partial charge in [0.25, 0.3) is 0 Å². The third-order valence-electron chi connectivity index (χ3n) is 2.11. The van der Waals surface area contributed by atoms with Gasteiger partial charge in [0.1, 0.15) is 0 Å². The number of aliphatic hydroxyl groups excluding tert-OH is 1. The predicted octanol–water partition coefficient (Wildman–Crippen LogP) is 1.01. The average Bonchev–Trinajstić information content (AvgIpc) is 2.17. The molecule has 1 saturated heterocycles. The lowest BCUT2D eigenvalue weighted by atomic mass is 10.0. The number of aliphatic hydroxyl groups is 1. The van der Waals surface area contributed by atoms with Crippen LogP contribution in [0.15, 0.2) is 0 Å². The van der Waals surface area contributed by atoms with Gasteiger partial charge in [0.2, 0.25) is 0 Å². The average molecular weight is 165 g/mol. The van der Waals surface area contributed by atoms with E-state index in [1.54, 1.807) is 0 Å². The molecule has 1 heterocycles. The lowest BCUT2D eigenvalue weighted by Gasteiger charge is -2.10. The highest BCUT2D eigenvalue weighted by atomic mass is 35.5. The molecule has 1 aliphatic rings. The first kappa shape index (κ1) is 8.31. The van der Waals surface area contributed by atoms with Crippen LogP contribution in [0.3, 0.4) is 0 Å². The monoisotopic (exact) mass is 164 g/mol. The Hall–Kier alpha value is 0.210. The third-order valence-corrected chi connectivity index (χ3v) is 2.86. The summed E-state index contributed by atoms with van der Waals surface area (Å²) in [5.74, 6) is 0.265. The summed E-state index contributed by atoms with van der Waals surface area (Å²) in [6, 6.07) is 0. The van der Waals surface area contributed by atoms with E-state index in [4.69, 9.17) is 21.4 Å². The maximum absolute atomic E-state index is 8.79. The first-order chi connectivity index (χ1) is 4.66. The molecule has 0 aliphatic carbocycles. The second kappa shape index (κ2) is 3.07. The first-order valence-corrected chi connectivity index (χ1v) is 4.01. The van der Waals surface area contributed by atoms with E-state index >= 15 is 0 Å². The molecule has 0 bridgehead atoms. The Morgan fingerprint density at radius 1 is 1.50 bits per heavy atom. The summed E-state index contributed by atoms with van der Waals surface area (Å²) in [7, 11) is 0. The summed E-state index contributed by atoms with van der Waals surface area (Å²) in [6.45, 7) is 4.01. The standard InChI is InChI=1S/C7H13ClO2/c1-4-6(3-9)10-5(2)7(4)8/h4-7,9H,3H2,1-2H3/t4-,5+,6-,7+/m1/s1. The number of hydrogen-bond donors (Lipinski definition) is 1. The van der Waals surface area contributed by atoms with Gasteiger partial charge in [0.05, 0.1) is 24.2 Å². The molecule has 0 saturated carbocycles. The van der Waals surface area contributed by atoms with Crippen molar-refractivity contribution in [3.63, 3.8) is 0 Å². The Morgan fingerprint density at radius 3 is 2.30 bits per heavy atom. The van der Waals surface area contributed by atoms with E-state index in [0.29, 0.717) is 0 Å². The molecule has 0 amide bonds. The Kier molecular flexibility index (Phi) is 2.55. The molecule has 3 heteroatoms. The third kappa shape index (κ3) is 1.29. The number of rotatable bonds is 1. The lowest BCUT2D eigenvalue weighted by Crippen LogP contribution is -2.21. The molecular weight excluding hydrogens is 152 g/mol. The smallest absolute Gasteiger partial charge is 0.0850 e. The Labute approximate surface area is 66.1 Å². The van der Waals surface area contributed by atoms with Crippen LogP contribution < -0.4 is 0 Å². The summed E-state index contributed by atoms with van der Waals surface area (Å²) in [4.78, 5) is 0. The van der Waals surface area contributed by atoms with Gasteiger partial charge in [0, 0.05) is 5.92 Å². The minimum absolute atomic E-state index is 0.0529. The predicted molar refractivity (Wildman–Crippen MR) is 40.2 cm³/mol. The zero-order valence-electron chi connectivity index (χ0n) is 6.25. The molecule has 0 radical (unpaired) electrons. The van der Waals surface area contributed by atoms with Gasteiger partial charge in [-0.15, -0.1) is 11.6 Å². The highest BCUT2D eigenvalue weighted by Gasteiger charge is 2.37. The second-order valence-electron chi connectivity index (χ2n) is 2.87. The van der Waals surface area contributed by atoms with Gasteiger partial charge >= 0.3 is 0 Å². The summed E-state index contributed by atoms with van der Waals surface area (Å²) in [6.07, 6.45) is 0.0197. The van der Waals surface area contributed by atoms with E-state index in [1.165, 1.54) is 0 Å². The number of hydrogen-bond acceptors (Lipinski definition) is 2. The number of halogens is 1. The second-order valence-corrected chi connectivity index (χ2v) is 3.37. The van der Waals surface area contributed by atoms with Crippen molar-refractivity contribution in [3.05, 3.63) is 0 Å². The maximum atomic E-state index is 8.79. The highest BCUT2D eigenvalue weighted by Crippen LogP contribution is 2.30. The normalized spacial score (nSPS) is 48.0. The van der Waals surface area contributed by atoms with E-state index < -0.39 is 0 Å². The Morgan fingerprint density at radius 2 is 2.10 bits per heavy atom. The number of alkyl halides is 1. The molecule has 0 unspecified atom stereocenters. The summed E-state index contributed by atoms with van der Waals surface area (Å²) < 4.78 is 5.35. The fraction of sp³-hybridized carbons (Fsp3) is 1.00. The summed E-state index contributed by atoms with van der Waals surface area (Å²) in [5.41, 5.74) is 0. The van der Waals surface area contributed by atoms with Crippen molar-refractivity contribution in [1.82, 2.24) is 0 Å². The quantitative estimate of drug-likeness (QED) is 0.587. The van der Waals surface area contributed by atoms with Crippen molar-refractivity contribution in [2.75, 3.05) is 6.61 Å². The molecule has 4 atom stereocenters. The highest BCUT2D eigenvalue weighted by molar-refractivity contribution is 6.21. The van der Waals surface area contributed by atoms with Crippen LogP contribution in [-0.4, -0.2) is 29.3 Å². The van der Waals surface area contributed by atoms with Crippen molar-refractivity contribution in [3.8, 4) is 0 Å². The van der Waals surface area contributed by atoms with Crippen LogP contribution in [0.4, 0.5) is 0 Å². The molecule has 0 aromatic carbocycles. The van der Waals surface area contributed by atoms with E-state index in [9.17, 15) is 0 Å². The Bertz CT molecular complexity index is 118. The maximum Gasteiger partial charge on any atom is 0.0850 e. The van der Waals surface area contributed by atoms with Crippen LogP contribution in [-0.2, 0) is 4.74 Å². The SMILES string of the molecule is C[C@H]1[C@H](Cl)[C@H](C)O[C@@H]1CO. The van der Waals surface area contributed by atoms with Crippen LogP contribution >= 0.6 is 11.6 Å². The molecule has 60 valence electrons. The molecule has 2 nitrogen and oxygen atoms in total. The van der Waals surface area contributed by atoms with E-state index in [1.807, 2.05) is 13.8 Å². The van der Waals surface area contributed by atoms with Crippen molar-refractivity contribution in [2.45, 2.75) is 31.4 Å². The molecule has 0 spiro atoms. The van der Waals surface area contributed by atoms with Crippen molar-refractivity contribution < 1.29 is 9.84 Å². The molecule has 1 N–H and O–H groups in total. The molecule has 1 aliphatic heterocycles. The minimum atomic E-state index is -0.0579. The van der Waals surface area contributed by atoms with Gasteiger partial charge in [-0.2, -0.15) is 0 Å². The van der Waals surface area contributed by atoms with E-state index in [2.05, 4.69) is 0 Å². The fourth-order valence-corrected chi connectivity index (χ4v) is 1.54. The van der Waals surface area contributed by atoms with Crippen LogP contribution in [0, 0.1) is 5.92 Å². The minimum Gasteiger partial charge on any atom is -0.394 e. The van der Waals surface area contributed by atoms with E-state index in [0.717, 1.165) is 0 Å². The molecule has 10 heavy (non-hydrogen) atoms. The van der Waals surface area contributed by atoms with Crippen molar-refractivity contribution in [2.24, 2.45) is 5.92 Å². The molecule has 0 aromatic rings. The summed E-state index contributed by atoms with van der Waals surface area (Å²) in [5, 5.41) is 8.84. The molecule has 1 rings (SSSR count). The van der Waals surface area contributed by atoms with Gasteiger partial charge in [-0.05, 0) is 6.92 Å². The topological polar surface area (TPSA) is 29.5 Å². The van der Waals surface area contributed by atoms with E-state index in [-0.39, 0.29) is 30.1 Å². The zero-order valence-corrected chi connectivity index (χ0v) is 7.01. The lowest BCUT2D eigenvalue weighted by molar-refractivity contribution is 0.00901. The van der Waals surface area contributed by atoms with Gasteiger partial charge in [0.15, 0.2) is 0 Å². The van der Waals surface area contributed by atoms with Gasteiger partial charge in [-0.1, -0.05) is 6.92 Å². The largest absolute Gasteiger partial charge is 0.394 e. The number of ether oxygens (including phenoxy) is 1. The molecule has 1 fully saturated rings. The first-order valence-electron chi connectivity index (χ1n) is 3.57. The fourth-order valence-electron chi connectivity index (χ4n) is 1.32. The summed E-state index contributed by atoms with van der Waals surface area (Å²) >= 11 is 5.95. The van der Waals surface area contributed by atoms with Crippen LogP contribution in [0.2, 0.25) is 0 Å². The molecule has 0 aromatic heterocycles. The van der Waals surface area contributed by atoms with Crippen LogP contribution in [0.1, 0.15) is 13.8 Å². The molecular formula is C7H13ClO2. The van der Waals surface area contributed by atoms with Gasteiger partial charge in [-0.25, -0.2) is 0 Å². The van der Waals surface area contributed by atoms with Crippen LogP contribution in [0.25, 0.3) is 0 Å². The van der Waals surface area contributed by atoms with Gasteiger partial charge < -0.3 is 9.84 Å². The van der Waals surface area contributed by atoms with Crippen LogP contribution in [0.5, 0.6) is 0 Å². The van der Waals surface area contributed by atoms with Crippen molar-refractivity contribution in [1.29, 1.82) is 0 Å².